The Bertz CT molecular complexity index is 590. The Hall–Kier alpha value is -2.10. The van der Waals surface area contributed by atoms with Crippen molar-refractivity contribution < 1.29 is 15.0 Å². The quantitative estimate of drug-likeness (QED) is 0.833. The molecule has 0 bridgehead atoms. The first-order valence-electron chi connectivity index (χ1n) is 5.36. The van der Waals surface area contributed by atoms with Crippen LogP contribution in [0.2, 0.25) is 0 Å². The molecule has 0 fully saturated rings. The third kappa shape index (κ3) is 1.93. The smallest absolute Gasteiger partial charge is 0.355 e. The molecule has 4 nitrogen and oxygen atoms in total. The third-order valence-corrected chi connectivity index (χ3v) is 2.67. The SMILES string of the molecule is CC(C)c1cc2c(O)cccc2c(C(=O)O)n1. The molecule has 2 aromatic rings. The van der Waals surface area contributed by atoms with Crippen molar-refractivity contribution in [1.29, 1.82) is 0 Å². The highest BCUT2D eigenvalue weighted by atomic mass is 16.4. The van der Waals surface area contributed by atoms with Gasteiger partial charge in [-0.2, -0.15) is 0 Å². The van der Waals surface area contributed by atoms with Crippen LogP contribution in [0, 0.1) is 0 Å². The minimum atomic E-state index is -1.08. The standard InChI is InChI=1S/C13H13NO3/c1-7(2)10-6-9-8(4-3-5-11(9)15)12(14-10)13(16)17/h3-7,15H,1-2H3,(H,16,17). The summed E-state index contributed by atoms with van der Waals surface area (Å²) in [5.41, 5.74) is 0.651. The molecule has 1 heterocycles. The van der Waals surface area contributed by atoms with Gasteiger partial charge in [0.25, 0.3) is 0 Å². The molecule has 17 heavy (non-hydrogen) atoms. The number of carboxylic acid groups (broad SMARTS) is 1. The van der Waals surface area contributed by atoms with E-state index in [2.05, 4.69) is 4.98 Å². The summed E-state index contributed by atoms with van der Waals surface area (Å²) in [7, 11) is 0. The molecule has 4 heteroatoms. The average molecular weight is 231 g/mol. The molecule has 1 aromatic carbocycles. The van der Waals surface area contributed by atoms with E-state index in [0.717, 1.165) is 0 Å². The van der Waals surface area contributed by atoms with E-state index in [9.17, 15) is 9.90 Å². The fraction of sp³-hybridized carbons (Fsp3) is 0.231. The summed E-state index contributed by atoms with van der Waals surface area (Å²) in [4.78, 5) is 15.3. The van der Waals surface area contributed by atoms with E-state index in [1.807, 2.05) is 13.8 Å². The third-order valence-electron chi connectivity index (χ3n) is 2.67. The number of nitrogens with zero attached hydrogens (tertiary/aromatic N) is 1. The Morgan fingerprint density at radius 1 is 1.29 bits per heavy atom. The van der Waals surface area contributed by atoms with Gasteiger partial charge in [0.15, 0.2) is 5.69 Å². The largest absolute Gasteiger partial charge is 0.507 e. The second-order valence-electron chi connectivity index (χ2n) is 4.23. The first-order chi connectivity index (χ1) is 8.00. The van der Waals surface area contributed by atoms with Gasteiger partial charge in [0.1, 0.15) is 5.75 Å². The van der Waals surface area contributed by atoms with Crippen molar-refractivity contribution in [3.05, 3.63) is 35.7 Å². The first kappa shape index (κ1) is 11.4. The molecule has 0 aliphatic carbocycles. The lowest BCUT2D eigenvalue weighted by atomic mass is 10.0. The van der Waals surface area contributed by atoms with Crippen LogP contribution in [0.1, 0.15) is 35.9 Å². The van der Waals surface area contributed by atoms with Gasteiger partial charge < -0.3 is 10.2 Å². The molecule has 0 radical (unpaired) electrons. The molecule has 2 N–H and O–H groups in total. The van der Waals surface area contributed by atoms with Crippen molar-refractivity contribution in [2.45, 2.75) is 19.8 Å². The molecule has 1 aromatic heterocycles. The first-order valence-corrected chi connectivity index (χ1v) is 5.36. The monoisotopic (exact) mass is 231 g/mol. The number of aromatic carboxylic acids is 1. The van der Waals surface area contributed by atoms with E-state index in [1.54, 1.807) is 18.2 Å². The maximum absolute atomic E-state index is 11.2. The minimum absolute atomic E-state index is 0.0119. The van der Waals surface area contributed by atoms with E-state index in [1.165, 1.54) is 6.07 Å². The maximum Gasteiger partial charge on any atom is 0.355 e. The number of phenols is 1. The molecule has 0 aliphatic heterocycles. The molecule has 88 valence electrons. The van der Waals surface area contributed by atoms with E-state index in [-0.39, 0.29) is 17.4 Å². The van der Waals surface area contributed by atoms with Crippen LogP contribution in [-0.2, 0) is 0 Å². The molecule has 0 spiro atoms. The predicted molar refractivity (Wildman–Crippen MR) is 64.5 cm³/mol. The molecule has 0 atom stereocenters. The number of carbonyl (C=O) groups is 1. The number of phenolic OH excluding ortho intramolecular Hbond substituents is 1. The van der Waals surface area contributed by atoms with Crippen molar-refractivity contribution >= 4 is 16.7 Å². The predicted octanol–water partition coefficient (Wildman–Crippen LogP) is 2.76. The highest BCUT2D eigenvalue weighted by molar-refractivity contribution is 6.03. The molecule has 0 saturated heterocycles. The van der Waals surface area contributed by atoms with Gasteiger partial charge in [0.2, 0.25) is 0 Å². The summed E-state index contributed by atoms with van der Waals surface area (Å²) in [6.45, 7) is 3.86. The van der Waals surface area contributed by atoms with Crippen LogP contribution >= 0.6 is 0 Å². The van der Waals surface area contributed by atoms with Crippen molar-refractivity contribution in [2.75, 3.05) is 0 Å². The van der Waals surface area contributed by atoms with Crippen molar-refractivity contribution in [2.24, 2.45) is 0 Å². The zero-order chi connectivity index (χ0) is 12.6. The zero-order valence-electron chi connectivity index (χ0n) is 9.64. The number of aromatic nitrogens is 1. The highest BCUT2D eigenvalue weighted by Gasteiger charge is 2.15. The summed E-state index contributed by atoms with van der Waals surface area (Å²) in [5, 5.41) is 19.9. The molecular weight excluding hydrogens is 218 g/mol. The molecule has 2 rings (SSSR count). The number of benzene rings is 1. The number of pyridine rings is 1. The van der Waals surface area contributed by atoms with Crippen LogP contribution in [0.3, 0.4) is 0 Å². The Balaban J connectivity index is 2.86. The van der Waals surface area contributed by atoms with E-state index >= 15 is 0 Å². The fourth-order valence-electron chi connectivity index (χ4n) is 1.74. The Morgan fingerprint density at radius 3 is 2.59 bits per heavy atom. The summed E-state index contributed by atoms with van der Waals surface area (Å²) in [5.74, 6) is -0.894. The van der Waals surface area contributed by atoms with Crippen molar-refractivity contribution in [3.63, 3.8) is 0 Å². The highest BCUT2D eigenvalue weighted by Crippen LogP contribution is 2.29. The van der Waals surface area contributed by atoms with Crippen LogP contribution in [0.25, 0.3) is 10.8 Å². The number of carboxylic acids is 1. The Kier molecular flexibility index (Phi) is 2.71. The normalized spacial score (nSPS) is 11.0. The maximum atomic E-state index is 11.2. The summed E-state index contributed by atoms with van der Waals surface area (Å²) in [6, 6.07) is 6.54. The van der Waals surface area contributed by atoms with Gasteiger partial charge in [-0.1, -0.05) is 26.0 Å². The number of hydrogen-bond acceptors (Lipinski definition) is 3. The van der Waals surface area contributed by atoms with Crippen LogP contribution in [0.5, 0.6) is 5.75 Å². The van der Waals surface area contributed by atoms with Crippen LogP contribution in [-0.4, -0.2) is 21.2 Å². The summed E-state index contributed by atoms with van der Waals surface area (Å²) < 4.78 is 0. The van der Waals surface area contributed by atoms with Gasteiger partial charge in [0, 0.05) is 16.5 Å². The van der Waals surface area contributed by atoms with Gasteiger partial charge in [-0.05, 0) is 18.1 Å². The Morgan fingerprint density at radius 2 is 2.00 bits per heavy atom. The van der Waals surface area contributed by atoms with Crippen LogP contribution in [0.4, 0.5) is 0 Å². The fourth-order valence-corrected chi connectivity index (χ4v) is 1.74. The van der Waals surface area contributed by atoms with Crippen molar-refractivity contribution in [3.8, 4) is 5.75 Å². The lowest BCUT2D eigenvalue weighted by molar-refractivity contribution is 0.0692. The molecule has 0 saturated carbocycles. The van der Waals surface area contributed by atoms with Gasteiger partial charge >= 0.3 is 5.97 Å². The zero-order valence-corrected chi connectivity index (χ0v) is 9.64. The topological polar surface area (TPSA) is 70.4 Å². The summed E-state index contributed by atoms with van der Waals surface area (Å²) in [6.07, 6.45) is 0. The lowest BCUT2D eigenvalue weighted by Gasteiger charge is -2.09. The second kappa shape index (κ2) is 4.05. The average Bonchev–Trinajstić information content (AvgIpc) is 2.28. The van der Waals surface area contributed by atoms with Crippen LogP contribution < -0.4 is 0 Å². The number of aromatic hydroxyl groups is 1. The lowest BCUT2D eigenvalue weighted by Crippen LogP contribution is -2.05. The van der Waals surface area contributed by atoms with E-state index in [4.69, 9.17) is 5.11 Å². The molecule has 0 unspecified atom stereocenters. The molecule has 0 amide bonds. The molecule has 0 aliphatic rings. The molecular formula is C13H13NO3. The van der Waals surface area contributed by atoms with E-state index < -0.39 is 5.97 Å². The number of fused-ring (bicyclic) bond motifs is 1. The Labute approximate surface area is 98.5 Å². The number of hydrogen-bond donors (Lipinski definition) is 2. The number of rotatable bonds is 2. The van der Waals surface area contributed by atoms with Gasteiger partial charge in [0.05, 0.1) is 0 Å². The van der Waals surface area contributed by atoms with Gasteiger partial charge in [-0.15, -0.1) is 0 Å². The summed E-state index contributed by atoms with van der Waals surface area (Å²) >= 11 is 0. The van der Waals surface area contributed by atoms with Gasteiger partial charge in [-0.3, -0.25) is 0 Å². The van der Waals surface area contributed by atoms with Gasteiger partial charge in [-0.25, -0.2) is 9.78 Å². The van der Waals surface area contributed by atoms with Crippen LogP contribution in [0.15, 0.2) is 24.3 Å². The van der Waals surface area contributed by atoms with Crippen molar-refractivity contribution in [1.82, 2.24) is 4.98 Å². The second-order valence-corrected chi connectivity index (χ2v) is 4.23. The minimum Gasteiger partial charge on any atom is -0.507 e. The van der Waals surface area contributed by atoms with E-state index in [0.29, 0.717) is 16.5 Å².